The summed E-state index contributed by atoms with van der Waals surface area (Å²) in [6.07, 6.45) is -0.207. The van der Waals surface area contributed by atoms with Crippen molar-refractivity contribution in [2.45, 2.75) is 39.0 Å². The minimum Gasteiger partial charge on any atom is -0.488 e. The number of hydrogen-bond acceptors (Lipinski definition) is 9. The van der Waals surface area contributed by atoms with Crippen LogP contribution in [0.25, 0.3) is 0 Å². The summed E-state index contributed by atoms with van der Waals surface area (Å²) in [5, 5.41) is 15.6. The van der Waals surface area contributed by atoms with E-state index in [1.165, 1.54) is 0 Å². The van der Waals surface area contributed by atoms with E-state index in [2.05, 4.69) is 22.5 Å². The van der Waals surface area contributed by atoms with E-state index in [-0.39, 0.29) is 50.6 Å². The van der Waals surface area contributed by atoms with Crippen molar-refractivity contribution in [2.24, 2.45) is 5.92 Å². The number of benzene rings is 3. The number of amides is 3. The minimum absolute atomic E-state index is 0.0432. The first-order chi connectivity index (χ1) is 21.7. The van der Waals surface area contributed by atoms with Crippen LogP contribution in [0.5, 0.6) is 28.7 Å². The van der Waals surface area contributed by atoms with Gasteiger partial charge in [0, 0.05) is 48.6 Å². The fourth-order valence-electron chi connectivity index (χ4n) is 5.72. The zero-order valence-electron chi connectivity index (χ0n) is 25.6. The molecule has 3 aromatic carbocycles. The van der Waals surface area contributed by atoms with Gasteiger partial charge >= 0.3 is 6.03 Å². The van der Waals surface area contributed by atoms with Crippen LogP contribution >= 0.6 is 0 Å². The summed E-state index contributed by atoms with van der Waals surface area (Å²) in [5.41, 5.74) is 2.79. The Labute approximate surface area is 261 Å². The molecule has 3 atom stereocenters. The second kappa shape index (κ2) is 13.1. The first-order valence-electron chi connectivity index (χ1n) is 15.0. The summed E-state index contributed by atoms with van der Waals surface area (Å²) < 4.78 is 28.3. The maximum Gasteiger partial charge on any atom is 0.323 e. The molecule has 12 heteroatoms. The van der Waals surface area contributed by atoms with E-state index in [1.807, 2.05) is 32.2 Å². The summed E-state index contributed by atoms with van der Waals surface area (Å²) >= 11 is 0. The van der Waals surface area contributed by atoms with Crippen molar-refractivity contribution in [1.29, 1.82) is 0 Å². The molecule has 12 nitrogen and oxygen atoms in total. The third-order valence-electron chi connectivity index (χ3n) is 8.19. The van der Waals surface area contributed by atoms with Crippen LogP contribution in [-0.4, -0.2) is 79.3 Å². The largest absolute Gasteiger partial charge is 0.488 e. The molecule has 3 aliphatic heterocycles. The van der Waals surface area contributed by atoms with Crippen molar-refractivity contribution in [1.82, 2.24) is 9.80 Å². The Hall–Kier alpha value is -4.68. The molecule has 3 N–H and O–H groups in total. The van der Waals surface area contributed by atoms with Gasteiger partial charge in [-0.15, -0.1) is 0 Å². The van der Waals surface area contributed by atoms with Gasteiger partial charge in [0.1, 0.15) is 11.9 Å². The van der Waals surface area contributed by atoms with E-state index in [1.54, 1.807) is 41.3 Å². The molecular formula is C33H38N4O8. The first-order valence-corrected chi connectivity index (χ1v) is 15.0. The van der Waals surface area contributed by atoms with E-state index in [9.17, 15) is 14.7 Å². The summed E-state index contributed by atoms with van der Waals surface area (Å²) in [6.45, 7) is 5.79. The molecule has 0 radical (unpaired) electrons. The van der Waals surface area contributed by atoms with Crippen LogP contribution in [0.15, 0.2) is 54.6 Å². The molecule has 45 heavy (non-hydrogen) atoms. The van der Waals surface area contributed by atoms with Gasteiger partial charge in [-0.25, -0.2) is 4.79 Å². The topological polar surface area (TPSA) is 131 Å². The second-order valence-corrected chi connectivity index (χ2v) is 11.7. The smallest absolute Gasteiger partial charge is 0.323 e. The van der Waals surface area contributed by atoms with Crippen molar-refractivity contribution in [3.63, 3.8) is 0 Å². The lowest BCUT2D eigenvalue weighted by Crippen LogP contribution is -2.47. The highest BCUT2D eigenvalue weighted by molar-refractivity contribution is 6.00. The summed E-state index contributed by atoms with van der Waals surface area (Å²) in [4.78, 5) is 30.3. The molecular weight excluding hydrogens is 580 g/mol. The van der Waals surface area contributed by atoms with Crippen LogP contribution < -0.4 is 34.3 Å². The monoisotopic (exact) mass is 618 g/mol. The quantitative estimate of drug-likeness (QED) is 0.342. The Bertz CT molecular complexity index is 1570. The Balaban J connectivity index is 1.19. The number of aliphatic hydroxyl groups excluding tert-OH is 1. The van der Waals surface area contributed by atoms with E-state index < -0.39 is 6.03 Å². The number of anilines is 2. The highest BCUT2D eigenvalue weighted by Gasteiger charge is 2.31. The molecule has 6 rings (SSSR count). The molecule has 3 aromatic rings. The number of nitrogens with one attached hydrogen (secondary N) is 2. The molecule has 0 fully saturated rings. The predicted molar refractivity (Wildman–Crippen MR) is 166 cm³/mol. The number of aliphatic hydroxyl groups is 1. The van der Waals surface area contributed by atoms with E-state index in [0.29, 0.717) is 53.8 Å². The number of likely N-dealkylation sites (N-methyl/N-ethyl adjacent to an activating group) is 1. The second-order valence-electron chi connectivity index (χ2n) is 11.7. The average molecular weight is 619 g/mol. The zero-order valence-corrected chi connectivity index (χ0v) is 25.6. The van der Waals surface area contributed by atoms with Gasteiger partial charge < -0.3 is 44.3 Å². The third-order valence-corrected chi connectivity index (χ3v) is 8.19. The predicted octanol–water partition coefficient (Wildman–Crippen LogP) is 4.07. The molecule has 3 amide bonds. The van der Waals surface area contributed by atoms with Gasteiger partial charge in [0.25, 0.3) is 0 Å². The van der Waals surface area contributed by atoms with Crippen LogP contribution in [-0.2, 0) is 17.8 Å². The number of carbonyl (C=O) groups is 2. The summed E-state index contributed by atoms with van der Waals surface area (Å²) in [7, 11) is 2.03. The van der Waals surface area contributed by atoms with Gasteiger partial charge in [-0.05, 0) is 62.0 Å². The molecule has 0 spiro atoms. The molecule has 3 heterocycles. The lowest BCUT2D eigenvalue weighted by atomic mass is 10.0. The van der Waals surface area contributed by atoms with Gasteiger partial charge in [-0.3, -0.25) is 9.69 Å². The van der Waals surface area contributed by atoms with Crippen LogP contribution in [0.3, 0.4) is 0 Å². The van der Waals surface area contributed by atoms with Crippen LogP contribution in [0.2, 0.25) is 0 Å². The third kappa shape index (κ3) is 7.02. The Morgan fingerprint density at radius 1 is 0.933 bits per heavy atom. The van der Waals surface area contributed by atoms with E-state index in [0.717, 1.165) is 17.1 Å². The van der Waals surface area contributed by atoms with E-state index >= 15 is 0 Å². The van der Waals surface area contributed by atoms with Crippen molar-refractivity contribution >= 4 is 23.3 Å². The molecule has 0 aromatic heterocycles. The summed E-state index contributed by atoms with van der Waals surface area (Å²) in [6, 6.07) is 15.6. The molecule has 3 aliphatic rings. The van der Waals surface area contributed by atoms with Crippen LogP contribution in [0.4, 0.5) is 16.2 Å². The number of fused-ring (bicyclic) bond motifs is 3. The van der Waals surface area contributed by atoms with Gasteiger partial charge in [-0.2, -0.15) is 0 Å². The maximum absolute atomic E-state index is 13.6. The number of hydrogen-bond donors (Lipinski definition) is 3. The van der Waals surface area contributed by atoms with Gasteiger partial charge in [0.05, 0.1) is 19.1 Å². The van der Waals surface area contributed by atoms with Crippen LogP contribution in [0, 0.1) is 5.92 Å². The maximum atomic E-state index is 13.6. The number of urea groups is 1. The minimum atomic E-state index is -0.448. The van der Waals surface area contributed by atoms with Gasteiger partial charge in [-0.1, -0.05) is 13.0 Å². The van der Waals surface area contributed by atoms with Gasteiger partial charge in [0.2, 0.25) is 19.5 Å². The van der Waals surface area contributed by atoms with E-state index in [4.69, 9.17) is 23.7 Å². The Kier molecular flexibility index (Phi) is 8.85. The molecule has 0 saturated heterocycles. The molecule has 238 valence electrons. The fraction of sp³-hybridized carbons (Fsp3) is 0.394. The van der Waals surface area contributed by atoms with Crippen molar-refractivity contribution < 1.29 is 38.4 Å². The fourth-order valence-corrected chi connectivity index (χ4v) is 5.72. The van der Waals surface area contributed by atoms with Crippen molar-refractivity contribution in [2.75, 3.05) is 51.0 Å². The highest BCUT2D eigenvalue weighted by atomic mass is 16.7. The van der Waals surface area contributed by atoms with Gasteiger partial charge in [0.15, 0.2) is 23.0 Å². The van der Waals surface area contributed by atoms with Crippen LogP contribution in [0.1, 0.15) is 25.0 Å². The Morgan fingerprint density at radius 3 is 2.27 bits per heavy atom. The molecule has 0 unspecified atom stereocenters. The lowest BCUT2D eigenvalue weighted by molar-refractivity contribution is -0.134. The molecule has 0 aliphatic carbocycles. The number of nitrogens with zero attached hydrogens (tertiary/aromatic N) is 2. The number of ether oxygens (including phenoxy) is 5. The molecule has 0 bridgehead atoms. The first kappa shape index (κ1) is 30.4. The summed E-state index contributed by atoms with van der Waals surface area (Å²) in [5.74, 6) is 3.09. The number of carbonyl (C=O) groups excluding carboxylic acids is 2. The van der Waals surface area contributed by atoms with Crippen molar-refractivity contribution in [3.05, 3.63) is 65.7 Å². The Morgan fingerprint density at radius 2 is 1.56 bits per heavy atom. The standard InChI is InChI=1S/C33H38N4O8/c1-20-14-37(21(2)17-38)32(39)12-23-11-24(34-33(40)35-25-6-9-28-30(13-25)44-19-42-28)5-8-26(23)45-31(20)16-36(3)15-22-4-7-27-29(10-22)43-18-41-27/h4-11,13,20-21,31,38H,12,14-19H2,1-3H3,(H2,34,35,40)/t20-,21+,31+/m1/s1. The zero-order chi connectivity index (χ0) is 31.5. The SMILES string of the molecule is C[C@@H]1CN([C@@H](C)CO)C(=O)Cc2cc(NC(=O)Nc3ccc4c(c3)OCO4)ccc2O[C@H]1CN(C)Cc1ccc2c(c1)OCO2. The highest BCUT2D eigenvalue weighted by Crippen LogP contribution is 2.35. The average Bonchev–Trinajstić information content (AvgIpc) is 3.69. The number of rotatable bonds is 8. The normalized spacial score (nSPS) is 19.2. The molecule has 0 saturated carbocycles. The van der Waals surface area contributed by atoms with Crippen molar-refractivity contribution in [3.8, 4) is 28.7 Å². The lowest BCUT2D eigenvalue weighted by Gasteiger charge is -2.34.